The Kier molecular flexibility index (Phi) is 3.91. The summed E-state index contributed by atoms with van der Waals surface area (Å²) in [6, 6.07) is 4.71. The van der Waals surface area contributed by atoms with Gasteiger partial charge in [-0.05, 0) is 34.5 Å². The maximum absolute atomic E-state index is 13.5. The van der Waals surface area contributed by atoms with Gasteiger partial charge in [0.1, 0.15) is 11.5 Å². The molecule has 0 bridgehead atoms. The van der Waals surface area contributed by atoms with Gasteiger partial charge < -0.3 is 0 Å². The number of hydrogen-bond donors (Lipinski definition) is 0. The minimum Gasteiger partial charge on any atom is -0.298 e. The zero-order chi connectivity index (χ0) is 13.1. The molecule has 18 heavy (non-hydrogen) atoms. The van der Waals surface area contributed by atoms with Gasteiger partial charge in [0.05, 0.1) is 10.0 Å². The SMILES string of the molecule is CCCn1cc(C=O)c(-c2ccc(Br)c(F)c2)n1. The number of carbonyl (C=O) groups excluding carboxylic acids is 1. The van der Waals surface area contributed by atoms with Crippen LogP contribution in [0.15, 0.2) is 28.9 Å². The highest BCUT2D eigenvalue weighted by atomic mass is 79.9. The molecule has 1 aromatic heterocycles. The van der Waals surface area contributed by atoms with E-state index in [2.05, 4.69) is 21.0 Å². The zero-order valence-corrected chi connectivity index (χ0v) is 11.4. The number of benzene rings is 1. The molecule has 2 rings (SSSR count). The van der Waals surface area contributed by atoms with Crippen molar-refractivity contribution >= 4 is 22.2 Å². The van der Waals surface area contributed by atoms with Crippen LogP contribution in [-0.4, -0.2) is 16.1 Å². The van der Waals surface area contributed by atoms with E-state index >= 15 is 0 Å². The Hall–Kier alpha value is -1.49. The quantitative estimate of drug-likeness (QED) is 0.808. The molecule has 94 valence electrons. The van der Waals surface area contributed by atoms with Crippen LogP contribution in [-0.2, 0) is 6.54 Å². The van der Waals surface area contributed by atoms with Crippen molar-refractivity contribution in [3.05, 3.63) is 40.2 Å². The van der Waals surface area contributed by atoms with E-state index in [4.69, 9.17) is 0 Å². The highest BCUT2D eigenvalue weighted by molar-refractivity contribution is 9.10. The van der Waals surface area contributed by atoms with Crippen LogP contribution < -0.4 is 0 Å². The van der Waals surface area contributed by atoms with E-state index < -0.39 is 0 Å². The highest BCUT2D eigenvalue weighted by Crippen LogP contribution is 2.25. The molecule has 0 N–H and O–H groups in total. The van der Waals surface area contributed by atoms with Crippen molar-refractivity contribution in [1.82, 2.24) is 9.78 Å². The Balaban J connectivity index is 2.48. The number of aldehydes is 1. The van der Waals surface area contributed by atoms with Crippen LogP contribution in [0.2, 0.25) is 0 Å². The van der Waals surface area contributed by atoms with Crippen molar-refractivity contribution < 1.29 is 9.18 Å². The molecule has 0 saturated carbocycles. The van der Waals surface area contributed by atoms with Gasteiger partial charge in [0.25, 0.3) is 0 Å². The van der Waals surface area contributed by atoms with E-state index in [1.807, 2.05) is 6.92 Å². The average molecular weight is 311 g/mol. The van der Waals surface area contributed by atoms with Crippen LogP contribution in [0.25, 0.3) is 11.3 Å². The fourth-order valence-corrected chi connectivity index (χ4v) is 1.98. The molecule has 0 unspecified atom stereocenters. The van der Waals surface area contributed by atoms with E-state index in [9.17, 15) is 9.18 Å². The number of hydrogen-bond acceptors (Lipinski definition) is 2. The van der Waals surface area contributed by atoms with Crippen LogP contribution in [0.5, 0.6) is 0 Å². The predicted octanol–water partition coefficient (Wildman–Crippen LogP) is 3.67. The minimum atomic E-state index is -0.366. The lowest BCUT2D eigenvalue weighted by Gasteiger charge is -2.00. The molecule has 0 aliphatic rings. The number of halogens is 2. The van der Waals surface area contributed by atoms with Crippen LogP contribution in [0, 0.1) is 5.82 Å². The number of aryl methyl sites for hydroxylation is 1. The molecule has 0 aliphatic carbocycles. The summed E-state index contributed by atoms with van der Waals surface area (Å²) in [5.41, 5.74) is 1.60. The maximum atomic E-state index is 13.5. The van der Waals surface area contributed by atoms with Gasteiger partial charge in [0, 0.05) is 18.3 Å². The molecule has 5 heteroatoms. The second kappa shape index (κ2) is 5.44. The summed E-state index contributed by atoms with van der Waals surface area (Å²) in [6.45, 7) is 2.76. The largest absolute Gasteiger partial charge is 0.298 e. The summed E-state index contributed by atoms with van der Waals surface area (Å²) in [6.07, 6.45) is 3.36. The standard InChI is InChI=1S/C13H12BrFN2O/c1-2-5-17-7-10(8-18)13(16-17)9-3-4-11(14)12(15)6-9/h3-4,6-8H,2,5H2,1H3. The van der Waals surface area contributed by atoms with Crippen molar-refractivity contribution in [3.63, 3.8) is 0 Å². The molecule has 0 saturated heterocycles. The summed E-state index contributed by atoms with van der Waals surface area (Å²) < 4.78 is 15.6. The summed E-state index contributed by atoms with van der Waals surface area (Å²) in [5, 5.41) is 4.32. The molecule has 0 amide bonds. The van der Waals surface area contributed by atoms with Gasteiger partial charge in [-0.3, -0.25) is 9.48 Å². The van der Waals surface area contributed by atoms with Gasteiger partial charge in [-0.15, -0.1) is 0 Å². The fourth-order valence-electron chi connectivity index (χ4n) is 1.73. The number of rotatable bonds is 4. The van der Waals surface area contributed by atoms with Gasteiger partial charge in [0.2, 0.25) is 0 Å². The number of nitrogens with zero attached hydrogens (tertiary/aromatic N) is 2. The molecular weight excluding hydrogens is 299 g/mol. The molecule has 0 aliphatic heterocycles. The molecule has 0 spiro atoms. The zero-order valence-electron chi connectivity index (χ0n) is 9.86. The van der Waals surface area contributed by atoms with Gasteiger partial charge in [-0.2, -0.15) is 5.10 Å². The summed E-state index contributed by atoms with van der Waals surface area (Å²) in [5.74, 6) is -0.366. The van der Waals surface area contributed by atoms with E-state index in [1.54, 1.807) is 23.0 Å². The average Bonchev–Trinajstić information content (AvgIpc) is 2.76. The van der Waals surface area contributed by atoms with Crippen molar-refractivity contribution in [2.75, 3.05) is 0 Å². The molecule has 0 fully saturated rings. The third kappa shape index (κ3) is 2.51. The first kappa shape index (κ1) is 13.0. The third-order valence-corrected chi connectivity index (χ3v) is 3.21. The van der Waals surface area contributed by atoms with Crippen molar-refractivity contribution in [1.29, 1.82) is 0 Å². The second-order valence-electron chi connectivity index (χ2n) is 3.94. The fraction of sp³-hybridized carbons (Fsp3) is 0.231. The van der Waals surface area contributed by atoms with Crippen LogP contribution >= 0.6 is 15.9 Å². The van der Waals surface area contributed by atoms with E-state index in [0.29, 0.717) is 21.3 Å². The first-order valence-corrected chi connectivity index (χ1v) is 6.43. The summed E-state index contributed by atoms with van der Waals surface area (Å²) in [4.78, 5) is 11.0. The van der Waals surface area contributed by atoms with E-state index in [0.717, 1.165) is 19.3 Å². The van der Waals surface area contributed by atoms with Crippen LogP contribution in [0.3, 0.4) is 0 Å². The second-order valence-corrected chi connectivity index (χ2v) is 4.80. The molecule has 2 aromatic rings. The Morgan fingerprint density at radius 3 is 2.89 bits per heavy atom. The van der Waals surface area contributed by atoms with Gasteiger partial charge in [0.15, 0.2) is 6.29 Å². The van der Waals surface area contributed by atoms with E-state index in [1.165, 1.54) is 6.07 Å². The lowest BCUT2D eigenvalue weighted by atomic mass is 10.1. The third-order valence-electron chi connectivity index (χ3n) is 2.56. The van der Waals surface area contributed by atoms with Crippen LogP contribution in [0.1, 0.15) is 23.7 Å². The topological polar surface area (TPSA) is 34.9 Å². The van der Waals surface area contributed by atoms with E-state index in [-0.39, 0.29) is 5.82 Å². The Labute approximate surface area is 113 Å². The Morgan fingerprint density at radius 2 is 2.28 bits per heavy atom. The molecule has 1 aromatic carbocycles. The number of carbonyl (C=O) groups is 1. The predicted molar refractivity (Wildman–Crippen MR) is 71.0 cm³/mol. The summed E-state index contributed by atoms with van der Waals surface area (Å²) >= 11 is 3.10. The smallest absolute Gasteiger partial charge is 0.153 e. The van der Waals surface area contributed by atoms with Gasteiger partial charge in [-0.25, -0.2) is 4.39 Å². The lowest BCUT2D eigenvalue weighted by molar-refractivity contribution is 0.112. The first-order chi connectivity index (χ1) is 8.65. The van der Waals surface area contributed by atoms with Crippen LogP contribution in [0.4, 0.5) is 4.39 Å². The molecule has 3 nitrogen and oxygen atoms in total. The van der Waals surface area contributed by atoms with Crippen molar-refractivity contribution in [2.24, 2.45) is 0 Å². The van der Waals surface area contributed by atoms with Crippen molar-refractivity contribution in [3.8, 4) is 11.3 Å². The molecule has 0 atom stereocenters. The minimum absolute atomic E-state index is 0.366. The van der Waals surface area contributed by atoms with Gasteiger partial charge in [-0.1, -0.05) is 13.0 Å². The Bertz CT molecular complexity index is 580. The molecule has 1 heterocycles. The maximum Gasteiger partial charge on any atom is 0.153 e. The molecular formula is C13H12BrFN2O. The number of aromatic nitrogens is 2. The normalized spacial score (nSPS) is 10.6. The monoisotopic (exact) mass is 310 g/mol. The van der Waals surface area contributed by atoms with Crippen molar-refractivity contribution in [2.45, 2.75) is 19.9 Å². The lowest BCUT2D eigenvalue weighted by Crippen LogP contribution is -1.96. The highest BCUT2D eigenvalue weighted by Gasteiger charge is 2.12. The Morgan fingerprint density at radius 1 is 1.50 bits per heavy atom. The summed E-state index contributed by atoms with van der Waals surface area (Å²) in [7, 11) is 0. The first-order valence-electron chi connectivity index (χ1n) is 5.63. The van der Waals surface area contributed by atoms with Gasteiger partial charge >= 0.3 is 0 Å². The molecule has 0 radical (unpaired) electrons.